The summed E-state index contributed by atoms with van der Waals surface area (Å²) in [6, 6.07) is 0. The molecular weight excluding hydrogens is 228 g/mol. The first-order valence-corrected chi connectivity index (χ1v) is 6.71. The highest BCUT2D eigenvalue weighted by atomic mass is 16.7. The van der Waals surface area contributed by atoms with Crippen molar-refractivity contribution in [2.75, 3.05) is 6.61 Å². The van der Waals surface area contributed by atoms with Crippen molar-refractivity contribution in [3.8, 4) is 0 Å². The zero-order chi connectivity index (χ0) is 12.9. The summed E-state index contributed by atoms with van der Waals surface area (Å²) in [6.45, 7) is 8.88. The number of epoxide rings is 2. The number of ketones is 1. The second-order valence-electron chi connectivity index (χ2n) is 6.03. The van der Waals surface area contributed by atoms with Crippen molar-refractivity contribution in [2.24, 2.45) is 11.8 Å². The van der Waals surface area contributed by atoms with Crippen molar-refractivity contribution in [3.05, 3.63) is 24.3 Å². The van der Waals surface area contributed by atoms with Crippen LogP contribution in [0.5, 0.6) is 0 Å². The Morgan fingerprint density at radius 2 is 2.17 bits per heavy atom. The Hall–Kier alpha value is -0.930. The summed E-state index contributed by atoms with van der Waals surface area (Å²) in [5.41, 5.74) is 0.474. The standard InChI is InChI=1S/C15H20O3/c1-9(2)11-5-4-10(3)6-12-14(18-12)15(8-17-15)13(16)7-11/h4-5,9,11-12,14H,3,6-8H2,1-2H3. The molecule has 0 aromatic rings. The number of Topliss-reactive ketones (excluding diaryl/α,β-unsaturated/α-hetero) is 1. The molecular formula is C15H20O3. The van der Waals surface area contributed by atoms with Crippen LogP contribution in [0, 0.1) is 11.8 Å². The van der Waals surface area contributed by atoms with E-state index in [1.54, 1.807) is 0 Å². The third-order valence-electron chi connectivity index (χ3n) is 4.29. The average molecular weight is 248 g/mol. The van der Waals surface area contributed by atoms with E-state index in [1.165, 1.54) is 0 Å². The number of rotatable bonds is 1. The lowest BCUT2D eigenvalue weighted by Crippen LogP contribution is -2.34. The van der Waals surface area contributed by atoms with E-state index in [2.05, 4.69) is 32.6 Å². The van der Waals surface area contributed by atoms with Crippen LogP contribution in [0.15, 0.2) is 24.3 Å². The monoisotopic (exact) mass is 248 g/mol. The van der Waals surface area contributed by atoms with Gasteiger partial charge in [0.25, 0.3) is 0 Å². The van der Waals surface area contributed by atoms with Crippen LogP contribution in [-0.2, 0) is 14.3 Å². The topological polar surface area (TPSA) is 42.1 Å². The summed E-state index contributed by atoms with van der Waals surface area (Å²) in [5, 5.41) is 0. The molecule has 3 rings (SSSR count). The van der Waals surface area contributed by atoms with Crippen molar-refractivity contribution in [3.63, 3.8) is 0 Å². The minimum absolute atomic E-state index is 0.0268. The lowest BCUT2D eigenvalue weighted by Gasteiger charge is -2.19. The van der Waals surface area contributed by atoms with Crippen molar-refractivity contribution in [1.82, 2.24) is 0 Å². The Bertz CT molecular complexity index is 417. The van der Waals surface area contributed by atoms with E-state index in [-0.39, 0.29) is 23.9 Å². The van der Waals surface area contributed by atoms with Crippen LogP contribution in [0.25, 0.3) is 0 Å². The fourth-order valence-corrected chi connectivity index (χ4v) is 2.77. The molecule has 98 valence electrons. The molecule has 4 unspecified atom stereocenters. The second-order valence-corrected chi connectivity index (χ2v) is 6.03. The van der Waals surface area contributed by atoms with E-state index in [1.807, 2.05) is 0 Å². The minimum Gasteiger partial charge on any atom is -0.365 e. The third-order valence-corrected chi connectivity index (χ3v) is 4.29. The van der Waals surface area contributed by atoms with Crippen LogP contribution < -0.4 is 0 Å². The van der Waals surface area contributed by atoms with Crippen molar-refractivity contribution < 1.29 is 14.3 Å². The first-order valence-electron chi connectivity index (χ1n) is 6.71. The zero-order valence-corrected chi connectivity index (χ0v) is 11.0. The van der Waals surface area contributed by atoms with Gasteiger partial charge >= 0.3 is 0 Å². The largest absolute Gasteiger partial charge is 0.365 e. The molecule has 0 saturated carbocycles. The Morgan fingerprint density at radius 3 is 2.78 bits per heavy atom. The molecule has 2 fully saturated rings. The van der Waals surface area contributed by atoms with Gasteiger partial charge in [0.15, 0.2) is 11.4 Å². The molecule has 2 aliphatic heterocycles. The Labute approximate surface area is 108 Å². The molecule has 18 heavy (non-hydrogen) atoms. The van der Waals surface area contributed by atoms with E-state index in [9.17, 15) is 4.79 Å². The number of carbonyl (C=O) groups is 1. The molecule has 2 heterocycles. The number of fused-ring (bicyclic) bond motifs is 2. The van der Waals surface area contributed by atoms with E-state index >= 15 is 0 Å². The Morgan fingerprint density at radius 1 is 1.44 bits per heavy atom. The first kappa shape index (κ1) is 12.1. The second kappa shape index (κ2) is 4.04. The van der Waals surface area contributed by atoms with Gasteiger partial charge in [0, 0.05) is 12.8 Å². The van der Waals surface area contributed by atoms with Crippen LogP contribution in [0.1, 0.15) is 26.7 Å². The van der Waals surface area contributed by atoms with E-state index in [4.69, 9.17) is 9.47 Å². The van der Waals surface area contributed by atoms with Gasteiger partial charge in [-0.3, -0.25) is 4.79 Å². The van der Waals surface area contributed by atoms with Crippen LogP contribution in [0.4, 0.5) is 0 Å². The lowest BCUT2D eigenvalue weighted by molar-refractivity contribution is -0.125. The van der Waals surface area contributed by atoms with Crippen molar-refractivity contribution >= 4 is 5.78 Å². The number of hydrogen-bond donors (Lipinski definition) is 0. The fraction of sp³-hybridized carbons (Fsp3) is 0.667. The molecule has 1 aliphatic carbocycles. The Kier molecular flexibility index (Phi) is 2.72. The van der Waals surface area contributed by atoms with E-state index in [0.717, 1.165) is 12.0 Å². The molecule has 0 N–H and O–H groups in total. The third kappa shape index (κ3) is 1.95. The smallest absolute Gasteiger partial charge is 0.178 e. The van der Waals surface area contributed by atoms with Gasteiger partial charge in [-0.25, -0.2) is 0 Å². The van der Waals surface area contributed by atoms with Gasteiger partial charge in [-0.15, -0.1) is 0 Å². The van der Waals surface area contributed by atoms with Gasteiger partial charge in [-0.1, -0.05) is 38.2 Å². The van der Waals surface area contributed by atoms with Gasteiger partial charge in [0.05, 0.1) is 12.7 Å². The molecule has 3 nitrogen and oxygen atoms in total. The minimum atomic E-state index is -0.608. The molecule has 3 heteroatoms. The maximum atomic E-state index is 12.4. The average Bonchev–Trinajstić information content (AvgIpc) is 3.15. The lowest BCUT2D eigenvalue weighted by atomic mass is 9.83. The number of hydrogen-bond acceptors (Lipinski definition) is 3. The molecule has 0 amide bonds. The summed E-state index contributed by atoms with van der Waals surface area (Å²) in [6.07, 6.45) is 5.65. The maximum absolute atomic E-state index is 12.4. The van der Waals surface area contributed by atoms with Crippen LogP contribution in [0.2, 0.25) is 0 Å². The fourth-order valence-electron chi connectivity index (χ4n) is 2.77. The highest BCUT2D eigenvalue weighted by Crippen LogP contribution is 2.48. The van der Waals surface area contributed by atoms with Gasteiger partial charge in [-0.2, -0.15) is 0 Å². The predicted octanol–water partition coefficient (Wildman–Crippen LogP) is 2.27. The molecule has 0 aromatic heterocycles. The molecule has 3 aliphatic rings. The molecule has 1 spiro atoms. The zero-order valence-electron chi connectivity index (χ0n) is 11.0. The SMILES string of the molecule is C=C1C=CC(C(C)C)CC(=O)C2(CO2)C2OC2C1. The predicted molar refractivity (Wildman–Crippen MR) is 68.2 cm³/mol. The number of carbonyl (C=O) groups excluding carboxylic acids is 1. The first-order chi connectivity index (χ1) is 8.53. The maximum Gasteiger partial charge on any atom is 0.178 e. The summed E-state index contributed by atoms with van der Waals surface area (Å²) >= 11 is 0. The summed E-state index contributed by atoms with van der Waals surface area (Å²) in [7, 11) is 0. The molecule has 0 radical (unpaired) electrons. The molecule has 4 atom stereocenters. The normalized spacial score (nSPS) is 43.2. The van der Waals surface area contributed by atoms with Gasteiger partial charge in [0.1, 0.15) is 6.10 Å². The number of allylic oxidation sites excluding steroid dienone is 2. The van der Waals surface area contributed by atoms with Crippen molar-refractivity contribution in [1.29, 1.82) is 0 Å². The van der Waals surface area contributed by atoms with E-state index in [0.29, 0.717) is 18.9 Å². The highest BCUT2D eigenvalue weighted by molar-refractivity contribution is 5.91. The van der Waals surface area contributed by atoms with Gasteiger partial charge in [-0.05, 0) is 11.8 Å². The summed E-state index contributed by atoms with van der Waals surface area (Å²) in [5.74, 6) is 0.931. The molecule has 0 aromatic carbocycles. The quantitative estimate of drug-likeness (QED) is 0.668. The van der Waals surface area contributed by atoms with Crippen LogP contribution in [0.3, 0.4) is 0 Å². The van der Waals surface area contributed by atoms with Crippen molar-refractivity contribution in [2.45, 2.75) is 44.5 Å². The van der Waals surface area contributed by atoms with E-state index < -0.39 is 5.60 Å². The summed E-state index contributed by atoms with van der Waals surface area (Å²) < 4.78 is 11.1. The highest BCUT2D eigenvalue weighted by Gasteiger charge is 2.67. The molecule has 0 bridgehead atoms. The van der Waals surface area contributed by atoms with Gasteiger partial charge in [0.2, 0.25) is 0 Å². The Balaban J connectivity index is 1.85. The van der Waals surface area contributed by atoms with Crippen LogP contribution >= 0.6 is 0 Å². The summed E-state index contributed by atoms with van der Waals surface area (Å²) in [4.78, 5) is 12.4. The number of ether oxygens (including phenoxy) is 2. The molecule has 2 saturated heterocycles. The van der Waals surface area contributed by atoms with Gasteiger partial charge < -0.3 is 9.47 Å². The van der Waals surface area contributed by atoms with Crippen LogP contribution in [-0.4, -0.2) is 30.2 Å².